The molecule has 1 aliphatic rings. The molecule has 7 nitrogen and oxygen atoms in total. The van der Waals surface area contributed by atoms with E-state index < -0.39 is 11.9 Å². The molecule has 0 radical (unpaired) electrons. The number of hydrogen-bond donors (Lipinski definition) is 2. The normalized spacial score (nSPS) is 14.8. The van der Waals surface area contributed by atoms with Gasteiger partial charge >= 0.3 is 0 Å². The highest BCUT2D eigenvalue weighted by atomic mass is 16.3. The van der Waals surface area contributed by atoms with Crippen LogP contribution in [-0.2, 0) is 4.79 Å². The Morgan fingerprint density at radius 2 is 1.82 bits per heavy atom. The van der Waals surface area contributed by atoms with Crippen molar-refractivity contribution in [1.82, 2.24) is 10.2 Å². The third-order valence-electron chi connectivity index (χ3n) is 4.75. The van der Waals surface area contributed by atoms with E-state index in [-0.39, 0.29) is 23.5 Å². The minimum atomic E-state index is -0.740. The van der Waals surface area contributed by atoms with Crippen LogP contribution in [0.15, 0.2) is 47.1 Å². The first-order chi connectivity index (χ1) is 13.5. The monoisotopic (exact) mass is 383 g/mol. The summed E-state index contributed by atoms with van der Waals surface area (Å²) < 4.78 is 5.08. The Morgan fingerprint density at radius 1 is 1.07 bits per heavy atom. The molecule has 1 unspecified atom stereocenters. The van der Waals surface area contributed by atoms with Crippen LogP contribution in [0.4, 0.5) is 5.69 Å². The first-order valence-electron chi connectivity index (χ1n) is 9.50. The fourth-order valence-corrected chi connectivity index (χ4v) is 3.21. The van der Waals surface area contributed by atoms with E-state index in [0.29, 0.717) is 11.3 Å². The van der Waals surface area contributed by atoms with Crippen molar-refractivity contribution >= 4 is 23.4 Å². The Labute approximate surface area is 164 Å². The van der Waals surface area contributed by atoms with Gasteiger partial charge in [0.25, 0.3) is 11.8 Å². The molecule has 148 valence electrons. The smallest absolute Gasteiger partial charge is 0.287 e. The highest BCUT2D eigenvalue weighted by molar-refractivity contribution is 6.01. The first-order valence-corrected chi connectivity index (χ1v) is 9.50. The molecule has 0 aliphatic carbocycles. The second kappa shape index (κ2) is 8.73. The maximum Gasteiger partial charge on any atom is 0.287 e. The number of rotatable bonds is 6. The van der Waals surface area contributed by atoms with Crippen molar-refractivity contribution in [2.75, 3.05) is 18.4 Å². The van der Waals surface area contributed by atoms with E-state index >= 15 is 0 Å². The standard InChI is InChI=1S/C21H25N3O4/c1-14(2)18(23-19(25)17-9-6-12-28-17)20(26)22-16-8-5-7-15(13-16)21(27)24-10-3-4-11-24/h5-9,12-14,18H,3-4,10-11H2,1-2H3,(H,22,26)(H,23,25). The molecule has 28 heavy (non-hydrogen) atoms. The van der Waals surface area contributed by atoms with E-state index in [0.717, 1.165) is 25.9 Å². The van der Waals surface area contributed by atoms with Crippen LogP contribution in [0.2, 0.25) is 0 Å². The molecule has 3 amide bonds. The second-order valence-electron chi connectivity index (χ2n) is 7.24. The number of carbonyl (C=O) groups is 3. The number of nitrogens with zero attached hydrogens (tertiary/aromatic N) is 1. The van der Waals surface area contributed by atoms with Crippen LogP contribution in [0.5, 0.6) is 0 Å². The number of likely N-dealkylation sites (tertiary alicyclic amines) is 1. The van der Waals surface area contributed by atoms with Crippen LogP contribution in [0.25, 0.3) is 0 Å². The van der Waals surface area contributed by atoms with Gasteiger partial charge in [0.2, 0.25) is 5.91 Å². The van der Waals surface area contributed by atoms with Gasteiger partial charge in [0.15, 0.2) is 5.76 Å². The minimum absolute atomic E-state index is 0.0277. The molecule has 1 saturated heterocycles. The van der Waals surface area contributed by atoms with Gasteiger partial charge in [-0.1, -0.05) is 19.9 Å². The topological polar surface area (TPSA) is 91.6 Å². The number of anilines is 1. The van der Waals surface area contributed by atoms with Crippen LogP contribution in [0.3, 0.4) is 0 Å². The van der Waals surface area contributed by atoms with Crippen LogP contribution in [0.1, 0.15) is 47.6 Å². The highest BCUT2D eigenvalue weighted by Gasteiger charge is 2.26. The van der Waals surface area contributed by atoms with E-state index in [1.54, 1.807) is 30.3 Å². The fraction of sp³-hybridized carbons (Fsp3) is 0.381. The molecule has 7 heteroatoms. The summed E-state index contributed by atoms with van der Waals surface area (Å²) in [6.07, 6.45) is 3.45. The van der Waals surface area contributed by atoms with Gasteiger partial charge in [-0.2, -0.15) is 0 Å². The van der Waals surface area contributed by atoms with Crippen molar-refractivity contribution in [1.29, 1.82) is 0 Å². The second-order valence-corrected chi connectivity index (χ2v) is 7.24. The summed E-state index contributed by atoms with van der Waals surface area (Å²) in [6.45, 7) is 5.23. The lowest BCUT2D eigenvalue weighted by molar-refractivity contribution is -0.118. The summed E-state index contributed by atoms with van der Waals surface area (Å²) in [5, 5.41) is 5.51. The SMILES string of the molecule is CC(C)C(NC(=O)c1ccco1)C(=O)Nc1cccc(C(=O)N2CCCC2)c1. The van der Waals surface area contributed by atoms with Crippen molar-refractivity contribution in [3.8, 4) is 0 Å². The molecule has 2 aromatic rings. The average Bonchev–Trinajstić information content (AvgIpc) is 3.39. The Balaban J connectivity index is 1.68. The van der Waals surface area contributed by atoms with E-state index in [2.05, 4.69) is 10.6 Å². The van der Waals surface area contributed by atoms with Crippen LogP contribution >= 0.6 is 0 Å². The molecule has 1 fully saturated rings. The summed E-state index contributed by atoms with van der Waals surface area (Å²) in [6, 6.07) is 9.30. The number of nitrogens with one attached hydrogen (secondary N) is 2. The van der Waals surface area contributed by atoms with E-state index in [4.69, 9.17) is 4.42 Å². The predicted octanol–water partition coefficient (Wildman–Crippen LogP) is 2.91. The molecular formula is C21H25N3O4. The number of amides is 3. The van der Waals surface area contributed by atoms with Gasteiger partial charge < -0.3 is 20.0 Å². The molecule has 2 heterocycles. The zero-order chi connectivity index (χ0) is 20.1. The van der Waals surface area contributed by atoms with E-state index in [9.17, 15) is 14.4 Å². The summed E-state index contributed by atoms with van der Waals surface area (Å²) in [5.74, 6) is -0.803. The first kappa shape index (κ1) is 19.7. The Kier molecular flexibility index (Phi) is 6.13. The molecule has 1 aromatic carbocycles. The van der Waals surface area contributed by atoms with Gasteiger partial charge in [-0.25, -0.2) is 0 Å². The van der Waals surface area contributed by atoms with Crippen LogP contribution in [-0.4, -0.2) is 41.8 Å². The molecule has 0 spiro atoms. The lowest BCUT2D eigenvalue weighted by atomic mass is 10.0. The van der Waals surface area contributed by atoms with Gasteiger partial charge in [0.1, 0.15) is 6.04 Å². The number of hydrogen-bond acceptors (Lipinski definition) is 4. The molecule has 0 bridgehead atoms. The number of benzene rings is 1. The summed E-state index contributed by atoms with van der Waals surface area (Å²) in [5.41, 5.74) is 1.06. The zero-order valence-electron chi connectivity index (χ0n) is 16.1. The van der Waals surface area contributed by atoms with Crippen LogP contribution in [0, 0.1) is 5.92 Å². The van der Waals surface area contributed by atoms with Crippen molar-refractivity contribution in [3.05, 3.63) is 54.0 Å². The lowest BCUT2D eigenvalue weighted by Crippen LogP contribution is -2.47. The summed E-state index contributed by atoms with van der Waals surface area (Å²) >= 11 is 0. The lowest BCUT2D eigenvalue weighted by Gasteiger charge is -2.21. The molecule has 1 aliphatic heterocycles. The molecule has 1 aromatic heterocycles. The van der Waals surface area contributed by atoms with Gasteiger partial charge in [0, 0.05) is 24.3 Å². The van der Waals surface area contributed by atoms with Crippen molar-refractivity contribution in [2.45, 2.75) is 32.7 Å². The van der Waals surface area contributed by atoms with Gasteiger partial charge in [-0.05, 0) is 49.1 Å². The van der Waals surface area contributed by atoms with Crippen molar-refractivity contribution in [3.63, 3.8) is 0 Å². The largest absolute Gasteiger partial charge is 0.459 e. The number of furan rings is 1. The molecule has 3 rings (SSSR count). The average molecular weight is 383 g/mol. The van der Waals surface area contributed by atoms with Gasteiger partial charge in [-0.15, -0.1) is 0 Å². The summed E-state index contributed by atoms with van der Waals surface area (Å²) in [7, 11) is 0. The Hall–Kier alpha value is -3.09. The van der Waals surface area contributed by atoms with Crippen molar-refractivity contribution in [2.24, 2.45) is 5.92 Å². The molecule has 1 atom stereocenters. The fourth-order valence-electron chi connectivity index (χ4n) is 3.21. The Bertz CT molecular complexity index is 839. The quantitative estimate of drug-likeness (QED) is 0.802. The maximum absolute atomic E-state index is 12.7. The highest BCUT2D eigenvalue weighted by Crippen LogP contribution is 2.17. The summed E-state index contributed by atoms with van der Waals surface area (Å²) in [4.78, 5) is 39.3. The zero-order valence-corrected chi connectivity index (χ0v) is 16.1. The third-order valence-corrected chi connectivity index (χ3v) is 4.75. The molecular weight excluding hydrogens is 358 g/mol. The third kappa shape index (κ3) is 4.60. The van der Waals surface area contributed by atoms with Crippen LogP contribution < -0.4 is 10.6 Å². The number of carbonyl (C=O) groups excluding carboxylic acids is 3. The van der Waals surface area contributed by atoms with Gasteiger partial charge in [0.05, 0.1) is 6.26 Å². The minimum Gasteiger partial charge on any atom is -0.459 e. The Morgan fingerprint density at radius 3 is 2.46 bits per heavy atom. The molecule has 0 saturated carbocycles. The predicted molar refractivity (Wildman–Crippen MR) is 105 cm³/mol. The maximum atomic E-state index is 12.7. The van der Waals surface area contributed by atoms with Crippen molar-refractivity contribution < 1.29 is 18.8 Å². The van der Waals surface area contributed by atoms with E-state index in [1.165, 1.54) is 12.3 Å². The van der Waals surface area contributed by atoms with Gasteiger partial charge in [-0.3, -0.25) is 14.4 Å². The van der Waals surface area contributed by atoms with E-state index in [1.807, 2.05) is 18.7 Å². The molecule has 2 N–H and O–H groups in total.